The topological polar surface area (TPSA) is 55.9 Å². The standard InChI is InChI=1S/C13H17FN4/c1-3-11-12(15)13(18(2)17-11)16-8-9-4-6-10(14)7-5-9/h4-7,16H,3,8,15H2,1-2H3. The van der Waals surface area contributed by atoms with Crippen LogP contribution in [0.3, 0.4) is 0 Å². The smallest absolute Gasteiger partial charge is 0.148 e. The fourth-order valence-corrected chi connectivity index (χ4v) is 1.85. The van der Waals surface area contributed by atoms with Crippen molar-refractivity contribution < 1.29 is 4.39 Å². The summed E-state index contributed by atoms with van der Waals surface area (Å²) in [4.78, 5) is 0. The minimum Gasteiger partial charge on any atom is -0.394 e. The number of hydrogen-bond donors (Lipinski definition) is 2. The Morgan fingerprint density at radius 1 is 1.33 bits per heavy atom. The molecule has 1 aromatic carbocycles. The Morgan fingerprint density at radius 2 is 2.00 bits per heavy atom. The van der Waals surface area contributed by atoms with Gasteiger partial charge in [-0.25, -0.2) is 4.39 Å². The zero-order chi connectivity index (χ0) is 13.1. The largest absolute Gasteiger partial charge is 0.394 e. The zero-order valence-electron chi connectivity index (χ0n) is 10.6. The van der Waals surface area contributed by atoms with E-state index in [-0.39, 0.29) is 5.82 Å². The van der Waals surface area contributed by atoms with E-state index >= 15 is 0 Å². The molecule has 1 heterocycles. The van der Waals surface area contributed by atoms with Gasteiger partial charge in [0.1, 0.15) is 11.6 Å². The first-order chi connectivity index (χ1) is 8.61. The van der Waals surface area contributed by atoms with E-state index < -0.39 is 0 Å². The van der Waals surface area contributed by atoms with Crippen LogP contribution < -0.4 is 11.1 Å². The van der Waals surface area contributed by atoms with Crippen LogP contribution in [0.5, 0.6) is 0 Å². The molecule has 1 aromatic heterocycles. The molecule has 2 rings (SSSR count). The maximum absolute atomic E-state index is 12.8. The lowest BCUT2D eigenvalue weighted by molar-refractivity contribution is 0.627. The summed E-state index contributed by atoms with van der Waals surface area (Å²) in [6.07, 6.45) is 0.803. The Morgan fingerprint density at radius 3 is 2.56 bits per heavy atom. The van der Waals surface area contributed by atoms with Crippen molar-refractivity contribution in [2.24, 2.45) is 7.05 Å². The van der Waals surface area contributed by atoms with E-state index in [4.69, 9.17) is 5.73 Å². The van der Waals surface area contributed by atoms with Gasteiger partial charge in [0.05, 0.1) is 11.4 Å². The number of anilines is 2. The van der Waals surface area contributed by atoms with Gasteiger partial charge in [0.25, 0.3) is 0 Å². The SMILES string of the molecule is CCc1nn(C)c(NCc2ccc(F)cc2)c1N. The van der Waals surface area contributed by atoms with Gasteiger partial charge in [-0.3, -0.25) is 4.68 Å². The van der Waals surface area contributed by atoms with E-state index in [1.165, 1.54) is 12.1 Å². The van der Waals surface area contributed by atoms with E-state index in [0.717, 1.165) is 23.5 Å². The van der Waals surface area contributed by atoms with Crippen LogP contribution in [0.4, 0.5) is 15.9 Å². The maximum Gasteiger partial charge on any atom is 0.148 e. The van der Waals surface area contributed by atoms with Gasteiger partial charge in [-0.1, -0.05) is 19.1 Å². The van der Waals surface area contributed by atoms with Gasteiger partial charge in [0.2, 0.25) is 0 Å². The molecule has 0 bridgehead atoms. The van der Waals surface area contributed by atoms with Crippen molar-refractivity contribution in [2.75, 3.05) is 11.1 Å². The molecule has 0 aliphatic rings. The van der Waals surface area contributed by atoms with Crippen LogP contribution >= 0.6 is 0 Å². The molecule has 0 spiro atoms. The van der Waals surface area contributed by atoms with Gasteiger partial charge in [0, 0.05) is 13.6 Å². The molecule has 0 saturated carbocycles. The third-order valence-electron chi connectivity index (χ3n) is 2.87. The molecule has 0 radical (unpaired) electrons. The molecule has 3 N–H and O–H groups in total. The van der Waals surface area contributed by atoms with Crippen molar-refractivity contribution in [3.8, 4) is 0 Å². The molecule has 0 aliphatic carbocycles. The van der Waals surface area contributed by atoms with Crippen LogP contribution in [0.15, 0.2) is 24.3 Å². The lowest BCUT2D eigenvalue weighted by Crippen LogP contribution is -2.06. The number of hydrogen-bond acceptors (Lipinski definition) is 3. The number of aromatic nitrogens is 2. The third-order valence-corrected chi connectivity index (χ3v) is 2.87. The molecule has 0 saturated heterocycles. The maximum atomic E-state index is 12.8. The highest BCUT2D eigenvalue weighted by atomic mass is 19.1. The number of benzene rings is 1. The molecule has 96 valence electrons. The number of nitrogens with two attached hydrogens (primary N) is 1. The van der Waals surface area contributed by atoms with E-state index in [1.807, 2.05) is 14.0 Å². The van der Waals surface area contributed by atoms with Crippen LogP contribution in [0, 0.1) is 5.82 Å². The number of rotatable bonds is 4. The summed E-state index contributed by atoms with van der Waals surface area (Å²) in [5.41, 5.74) is 8.56. The summed E-state index contributed by atoms with van der Waals surface area (Å²) in [6, 6.07) is 6.38. The first-order valence-electron chi connectivity index (χ1n) is 5.91. The number of nitrogens with one attached hydrogen (secondary N) is 1. The molecule has 0 amide bonds. The van der Waals surface area contributed by atoms with Gasteiger partial charge in [-0.05, 0) is 24.1 Å². The summed E-state index contributed by atoms with van der Waals surface area (Å²) in [5, 5.41) is 7.55. The number of aryl methyl sites for hydroxylation is 2. The minimum atomic E-state index is -0.230. The predicted octanol–water partition coefficient (Wildman–Crippen LogP) is 2.32. The normalized spacial score (nSPS) is 10.6. The fourth-order valence-electron chi connectivity index (χ4n) is 1.85. The average Bonchev–Trinajstić information content (AvgIpc) is 2.64. The lowest BCUT2D eigenvalue weighted by Gasteiger charge is -2.07. The van der Waals surface area contributed by atoms with Crippen LogP contribution in [0.1, 0.15) is 18.2 Å². The summed E-state index contributed by atoms with van der Waals surface area (Å²) < 4.78 is 14.5. The number of halogens is 1. The molecular weight excluding hydrogens is 231 g/mol. The molecule has 0 unspecified atom stereocenters. The van der Waals surface area contributed by atoms with Gasteiger partial charge in [-0.15, -0.1) is 0 Å². The van der Waals surface area contributed by atoms with E-state index in [9.17, 15) is 4.39 Å². The van der Waals surface area contributed by atoms with Crippen molar-refractivity contribution in [3.63, 3.8) is 0 Å². The third kappa shape index (κ3) is 2.45. The van der Waals surface area contributed by atoms with Gasteiger partial charge in [0.15, 0.2) is 0 Å². The van der Waals surface area contributed by atoms with Gasteiger partial charge in [-0.2, -0.15) is 5.10 Å². The summed E-state index contributed by atoms with van der Waals surface area (Å²) in [7, 11) is 1.85. The Kier molecular flexibility index (Phi) is 3.50. The quantitative estimate of drug-likeness (QED) is 0.873. The van der Waals surface area contributed by atoms with Crippen molar-refractivity contribution >= 4 is 11.5 Å². The molecule has 0 fully saturated rings. The summed E-state index contributed by atoms with van der Waals surface area (Å²) in [6.45, 7) is 2.61. The fraction of sp³-hybridized carbons (Fsp3) is 0.308. The summed E-state index contributed by atoms with van der Waals surface area (Å²) in [5.74, 6) is 0.572. The van der Waals surface area contributed by atoms with Crippen LogP contribution in [0.25, 0.3) is 0 Å². The number of nitrogens with zero attached hydrogens (tertiary/aromatic N) is 2. The highest BCUT2D eigenvalue weighted by molar-refractivity contribution is 5.65. The predicted molar refractivity (Wildman–Crippen MR) is 70.7 cm³/mol. The van der Waals surface area contributed by atoms with E-state index in [1.54, 1.807) is 16.8 Å². The molecular formula is C13H17FN4. The van der Waals surface area contributed by atoms with Gasteiger partial charge < -0.3 is 11.1 Å². The lowest BCUT2D eigenvalue weighted by atomic mass is 10.2. The van der Waals surface area contributed by atoms with E-state index in [0.29, 0.717) is 12.2 Å². The van der Waals surface area contributed by atoms with Crippen molar-refractivity contribution in [1.82, 2.24) is 9.78 Å². The first-order valence-corrected chi connectivity index (χ1v) is 5.91. The Hall–Kier alpha value is -2.04. The molecule has 4 nitrogen and oxygen atoms in total. The monoisotopic (exact) mass is 248 g/mol. The van der Waals surface area contributed by atoms with Crippen LogP contribution in [-0.4, -0.2) is 9.78 Å². The molecule has 18 heavy (non-hydrogen) atoms. The molecule has 0 aliphatic heterocycles. The molecule has 2 aromatic rings. The van der Waals surface area contributed by atoms with Crippen molar-refractivity contribution in [2.45, 2.75) is 19.9 Å². The van der Waals surface area contributed by atoms with Crippen molar-refractivity contribution in [3.05, 3.63) is 41.3 Å². The van der Waals surface area contributed by atoms with Crippen LogP contribution in [-0.2, 0) is 20.0 Å². The Balaban J connectivity index is 2.10. The average molecular weight is 248 g/mol. The first kappa shape index (κ1) is 12.4. The number of nitrogen functional groups attached to an aromatic ring is 1. The Labute approximate surface area is 106 Å². The Bertz CT molecular complexity index is 531. The van der Waals surface area contributed by atoms with E-state index in [2.05, 4.69) is 10.4 Å². The second kappa shape index (κ2) is 5.08. The highest BCUT2D eigenvalue weighted by Crippen LogP contribution is 2.22. The second-order valence-electron chi connectivity index (χ2n) is 4.17. The van der Waals surface area contributed by atoms with Crippen LogP contribution in [0.2, 0.25) is 0 Å². The second-order valence-corrected chi connectivity index (χ2v) is 4.17. The molecule has 0 atom stereocenters. The van der Waals surface area contributed by atoms with Gasteiger partial charge >= 0.3 is 0 Å². The molecule has 5 heteroatoms. The zero-order valence-corrected chi connectivity index (χ0v) is 10.6. The highest BCUT2D eigenvalue weighted by Gasteiger charge is 2.11. The van der Waals surface area contributed by atoms with Crippen molar-refractivity contribution in [1.29, 1.82) is 0 Å². The minimum absolute atomic E-state index is 0.230. The summed E-state index contributed by atoms with van der Waals surface area (Å²) >= 11 is 0.